The smallest absolute Gasteiger partial charge is 0.229 e. The van der Waals surface area contributed by atoms with Crippen molar-refractivity contribution in [1.82, 2.24) is 4.98 Å². The van der Waals surface area contributed by atoms with Gasteiger partial charge >= 0.3 is 0 Å². The Hall–Kier alpha value is -1.24. The van der Waals surface area contributed by atoms with Gasteiger partial charge in [0.1, 0.15) is 0 Å². The average Bonchev–Trinajstić information content (AvgIpc) is 2.96. The number of amides is 1. The minimum absolute atomic E-state index is 0.0255. The second-order valence-electron chi connectivity index (χ2n) is 5.83. The largest absolute Gasteiger partial charge is 0.378 e. The molecule has 0 saturated carbocycles. The van der Waals surface area contributed by atoms with E-state index in [0.717, 1.165) is 28.6 Å². The fourth-order valence-corrected chi connectivity index (χ4v) is 3.81. The molecular weight excluding hydrogens is 376 g/mol. The van der Waals surface area contributed by atoms with Crippen molar-refractivity contribution in [2.45, 2.75) is 32.3 Å². The van der Waals surface area contributed by atoms with Gasteiger partial charge in [0, 0.05) is 34.5 Å². The first-order valence-electron chi connectivity index (χ1n) is 7.72. The van der Waals surface area contributed by atoms with Crippen molar-refractivity contribution in [3.05, 3.63) is 45.4 Å². The Kier molecular flexibility index (Phi) is 5.46. The summed E-state index contributed by atoms with van der Waals surface area (Å²) in [5.74, 6) is 0.0854. The van der Waals surface area contributed by atoms with E-state index in [1.54, 1.807) is 0 Å². The summed E-state index contributed by atoms with van der Waals surface area (Å²) < 4.78 is 6.56. The van der Waals surface area contributed by atoms with Crippen LogP contribution in [0, 0.1) is 5.92 Å². The van der Waals surface area contributed by atoms with E-state index < -0.39 is 0 Å². The lowest BCUT2D eigenvalue weighted by Gasteiger charge is -2.25. The lowest BCUT2D eigenvalue weighted by atomic mass is 9.95. The van der Waals surface area contributed by atoms with E-state index in [1.165, 1.54) is 16.9 Å². The third-order valence-corrected chi connectivity index (χ3v) is 5.37. The van der Waals surface area contributed by atoms with E-state index in [9.17, 15) is 4.79 Å². The number of rotatable bonds is 4. The Morgan fingerprint density at radius 2 is 2.22 bits per heavy atom. The number of benzene rings is 1. The Morgan fingerprint density at radius 1 is 1.43 bits per heavy atom. The second-order valence-corrected chi connectivity index (χ2v) is 7.86. The molecule has 0 aliphatic carbocycles. The first-order valence-corrected chi connectivity index (χ1v) is 9.32. The molecule has 0 bridgehead atoms. The standard InChI is InChI=1S/C17H19BrN2O2S/c1-11-8-13(6-7-22-11)16(21)20-17-19-10-15(23-17)9-12-2-4-14(18)5-3-12/h2-5,10-11,13H,6-9H2,1H3,(H,19,20,21). The predicted octanol–water partition coefficient (Wildman–Crippen LogP) is 4.25. The summed E-state index contributed by atoms with van der Waals surface area (Å²) in [7, 11) is 0. The maximum atomic E-state index is 12.3. The van der Waals surface area contributed by atoms with Crippen LogP contribution in [0.3, 0.4) is 0 Å². The van der Waals surface area contributed by atoms with Crippen molar-refractivity contribution in [3.63, 3.8) is 0 Å². The zero-order chi connectivity index (χ0) is 16.2. The minimum atomic E-state index is 0.0255. The van der Waals surface area contributed by atoms with Gasteiger partial charge in [0.25, 0.3) is 0 Å². The molecule has 1 aliphatic heterocycles. The number of aromatic nitrogens is 1. The fraction of sp³-hybridized carbons (Fsp3) is 0.412. The summed E-state index contributed by atoms with van der Waals surface area (Å²) >= 11 is 4.98. The molecule has 2 heterocycles. The topological polar surface area (TPSA) is 51.2 Å². The SMILES string of the molecule is CC1CC(C(=O)Nc2ncc(Cc3ccc(Br)cc3)s2)CCO1. The summed E-state index contributed by atoms with van der Waals surface area (Å²) in [4.78, 5) is 17.8. The zero-order valence-corrected chi connectivity index (χ0v) is 15.3. The molecule has 4 nitrogen and oxygen atoms in total. The van der Waals surface area contributed by atoms with Crippen molar-refractivity contribution in [2.24, 2.45) is 5.92 Å². The van der Waals surface area contributed by atoms with Crippen LogP contribution >= 0.6 is 27.3 Å². The maximum absolute atomic E-state index is 12.3. The van der Waals surface area contributed by atoms with E-state index in [1.807, 2.05) is 25.3 Å². The van der Waals surface area contributed by atoms with Crippen molar-refractivity contribution in [3.8, 4) is 0 Å². The number of hydrogen-bond acceptors (Lipinski definition) is 4. The van der Waals surface area contributed by atoms with E-state index in [-0.39, 0.29) is 17.9 Å². The first kappa shape index (κ1) is 16.6. The summed E-state index contributed by atoms with van der Waals surface area (Å²) in [6.45, 7) is 2.67. The first-order chi connectivity index (χ1) is 11.1. The van der Waals surface area contributed by atoms with Crippen molar-refractivity contribution < 1.29 is 9.53 Å². The highest BCUT2D eigenvalue weighted by atomic mass is 79.9. The maximum Gasteiger partial charge on any atom is 0.229 e. The average molecular weight is 395 g/mol. The van der Waals surface area contributed by atoms with E-state index >= 15 is 0 Å². The molecule has 1 N–H and O–H groups in total. The molecule has 2 atom stereocenters. The summed E-state index contributed by atoms with van der Waals surface area (Å²) in [5.41, 5.74) is 1.23. The number of nitrogens with zero attached hydrogens (tertiary/aromatic N) is 1. The third kappa shape index (κ3) is 4.62. The molecule has 3 rings (SSSR count). The lowest BCUT2D eigenvalue weighted by molar-refractivity contribution is -0.124. The molecule has 2 unspecified atom stereocenters. The summed E-state index contributed by atoms with van der Waals surface area (Å²) in [6, 6.07) is 8.24. The molecule has 0 spiro atoms. The molecule has 1 aliphatic rings. The minimum Gasteiger partial charge on any atom is -0.378 e. The van der Waals surface area contributed by atoms with Crippen LogP contribution in [0.1, 0.15) is 30.2 Å². The zero-order valence-electron chi connectivity index (χ0n) is 12.9. The molecule has 1 fully saturated rings. The van der Waals surface area contributed by atoms with Crippen LogP contribution in [0.2, 0.25) is 0 Å². The van der Waals surface area contributed by atoms with Gasteiger partial charge < -0.3 is 10.1 Å². The molecule has 1 amide bonds. The van der Waals surface area contributed by atoms with Crippen LogP contribution in [0.15, 0.2) is 34.9 Å². The number of carbonyl (C=O) groups excluding carboxylic acids is 1. The van der Waals surface area contributed by atoms with Gasteiger partial charge in [-0.05, 0) is 37.5 Å². The number of anilines is 1. The molecular formula is C17H19BrN2O2S. The van der Waals surface area contributed by atoms with Gasteiger partial charge in [-0.1, -0.05) is 28.1 Å². The van der Waals surface area contributed by atoms with Gasteiger partial charge in [0.15, 0.2) is 5.13 Å². The van der Waals surface area contributed by atoms with Crippen LogP contribution in [0.5, 0.6) is 0 Å². The van der Waals surface area contributed by atoms with Crippen LogP contribution in [0.25, 0.3) is 0 Å². The lowest BCUT2D eigenvalue weighted by Crippen LogP contribution is -2.32. The molecule has 2 aromatic rings. The monoisotopic (exact) mass is 394 g/mol. The molecule has 1 aromatic heterocycles. The number of carbonyl (C=O) groups is 1. The van der Waals surface area contributed by atoms with Crippen LogP contribution in [-0.4, -0.2) is 23.6 Å². The highest BCUT2D eigenvalue weighted by molar-refractivity contribution is 9.10. The molecule has 0 radical (unpaired) electrons. The fourth-order valence-electron chi connectivity index (χ4n) is 2.69. The number of halogens is 1. The Balaban J connectivity index is 1.58. The van der Waals surface area contributed by atoms with Crippen LogP contribution < -0.4 is 5.32 Å². The summed E-state index contributed by atoms with van der Waals surface area (Å²) in [6.07, 6.45) is 4.39. The molecule has 23 heavy (non-hydrogen) atoms. The van der Waals surface area contributed by atoms with Crippen LogP contribution in [-0.2, 0) is 16.0 Å². The normalized spacial score (nSPS) is 21.1. The molecule has 1 saturated heterocycles. The van der Waals surface area contributed by atoms with Gasteiger partial charge in [0.2, 0.25) is 5.91 Å². The molecule has 6 heteroatoms. The van der Waals surface area contributed by atoms with Gasteiger partial charge in [0.05, 0.1) is 6.10 Å². The van der Waals surface area contributed by atoms with Gasteiger partial charge in [-0.15, -0.1) is 11.3 Å². The number of ether oxygens (including phenoxy) is 1. The van der Waals surface area contributed by atoms with Crippen molar-refractivity contribution in [1.29, 1.82) is 0 Å². The molecule has 122 valence electrons. The predicted molar refractivity (Wildman–Crippen MR) is 95.8 cm³/mol. The van der Waals surface area contributed by atoms with Crippen LogP contribution in [0.4, 0.5) is 5.13 Å². The Bertz CT molecular complexity index is 671. The quantitative estimate of drug-likeness (QED) is 0.842. The number of hydrogen-bond donors (Lipinski definition) is 1. The number of nitrogens with one attached hydrogen (secondary N) is 1. The van der Waals surface area contributed by atoms with E-state index in [2.05, 4.69) is 38.4 Å². The second kappa shape index (κ2) is 7.55. The van der Waals surface area contributed by atoms with E-state index in [0.29, 0.717) is 11.7 Å². The van der Waals surface area contributed by atoms with Crippen molar-refractivity contribution >= 4 is 38.3 Å². The number of thiazole rings is 1. The van der Waals surface area contributed by atoms with Gasteiger partial charge in [-0.3, -0.25) is 4.79 Å². The Morgan fingerprint density at radius 3 is 2.96 bits per heavy atom. The highest BCUT2D eigenvalue weighted by Crippen LogP contribution is 2.25. The summed E-state index contributed by atoms with van der Waals surface area (Å²) in [5, 5.41) is 3.63. The van der Waals surface area contributed by atoms with Gasteiger partial charge in [-0.2, -0.15) is 0 Å². The van der Waals surface area contributed by atoms with Gasteiger partial charge in [-0.25, -0.2) is 4.98 Å². The Labute approximate surface area is 148 Å². The van der Waals surface area contributed by atoms with Crippen molar-refractivity contribution in [2.75, 3.05) is 11.9 Å². The highest BCUT2D eigenvalue weighted by Gasteiger charge is 2.26. The van der Waals surface area contributed by atoms with E-state index in [4.69, 9.17) is 4.74 Å². The molecule has 1 aromatic carbocycles. The third-order valence-electron chi connectivity index (χ3n) is 3.93.